The van der Waals surface area contributed by atoms with Crippen molar-refractivity contribution in [1.29, 1.82) is 0 Å². The summed E-state index contributed by atoms with van der Waals surface area (Å²) in [5, 5.41) is 14.5. The van der Waals surface area contributed by atoms with Crippen molar-refractivity contribution in [2.45, 2.75) is 0 Å². The third-order valence-electron chi connectivity index (χ3n) is 3.95. The van der Waals surface area contributed by atoms with Crippen LogP contribution in [-0.4, -0.2) is 22.0 Å². The second kappa shape index (κ2) is 9.18. The highest BCUT2D eigenvalue weighted by Gasteiger charge is 2.13. The van der Waals surface area contributed by atoms with Gasteiger partial charge in [0.15, 0.2) is 5.11 Å². The second-order valence-electron chi connectivity index (χ2n) is 5.97. The van der Waals surface area contributed by atoms with Crippen LogP contribution in [0.1, 0.15) is 15.9 Å². The summed E-state index contributed by atoms with van der Waals surface area (Å²) >= 11 is 11.0. The molecule has 3 rings (SSSR count). The van der Waals surface area contributed by atoms with Crippen LogP contribution in [0.5, 0.6) is 5.75 Å². The Labute approximate surface area is 177 Å². The standard InChI is InChI=1S/C21H16ClN3O3S/c22-17-8-4-3-5-13(17)9-10-19(27)23-21(29)25-24-20(28)16-11-14-6-1-2-7-15(14)12-18(16)26/h1-12,26H,(H,24,28)(H2,23,25,27,29). The lowest BCUT2D eigenvalue weighted by atomic mass is 10.1. The zero-order valence-electron chi connectivity index (χ0n) is 15.0. The molecule has 0 aliphatic heterocycles. The maximum Gasteiger partial charge on any atom is 0.273 e. The summed E-state index contributed by atoms with van der Waals surface area (Å²) in [5.74, 6) is -1.26. The number of fused-ring (bicyclic) bond motifs is 1. The molecule has 146 valence electrons. The Balaban J connectivity index is 1.56. The number of hydrogen-bond donors (Lipinski definition) is 4. The minimum atomic E-state index is -0.600. The zero-order valence-corrected chi connectivity index (χ0v) is 16.6. The smallest absolute Gasteiger partial charge is 0.273 e. The van der Waals surface area contributed by atoms with Gasteiger partial charge in [0.25, 0.3) is 5.91 Å². The van der Waals surface area contributed by atoms with Crippen molar-refractivity contribution in [1.82, 2.24) is 16.2 Å². The van der Waals surface area contributed by atoms with E-state index < -0.39 is 11.8 Å². The van der Waals surface area contributed by atoms with Crippen molar-refractivity contribution in [3.63, 3.8) is 0 Å². The fraction of sp³-hybridized carbons (Fsp3) is 0. The molecule has 0 heterocycles. The molecular weight excluding hydrogens is 410 g/mol. The molecule has 0 aliphatic rings. The molecule has 0 atom stereocenters. The van der Waals surface area contributed by atoms with E-state index in [9.17, 15) is 14.7 Å². The Morgan fingerprint density at radius 3 is 2.34 bits per heavy atom. The van der Waals surface area contributed by atoms with E-state index in [-0.39, 0.29) is 16.4 Å². The number of thiocarbonyl (C=S) groups is 1. The minimum absolute atomic E-state index is 0.0731. The van der Waals surface area contributed by atoms with E-state index >= 15 is 0 Å². The zero-order chi connectivity index (χ0) is 20.8. The average Bonchev–Trinajstić information content (AvgIpc) is 2.71. The summed E-state index contributed by atoms with van der Waals surface area (Å²) in [6.07, 6.45) is 2.82. The maximum atomic E-state index is 12.3. The normalized spacial score (nSPS) is 10.7. The number of amides is 2. The molecule has 0 bridgehead atoms. The highest BCUT2D eigenvalue weighted by molar-refractivity contribution is 7.80. The van der Waals surface area contributed by atoms with Gasteiger partial charge in [0, 0.05) is 11.1 Å². The van der Waals surface area contributed by atoms with Crippen molar-refractivity contribution in [2.24, 2.45) is 0 Å². The Bertz CT molecular complexity index is 1130. The van der Waals surface area contributed by atoms with E-state index in [1.807, 2.05) is 24.3 Å². The fourth-order valence-electron chi connectivity index (χ4n) is 2.55. The van der Waals surface area contributed by atoms with Crippen molar-refractivity contribution in [2.75, 3.05) is 0 Å². The Kier molecular flexibility index (Phi) is 6.43. The van der Waals surface area contributed by atoms with Crippen LogP contribution in [0, 0.1) is 0 Å². The van der Waals surface area contributed by atoms with Crippen LogP contribution in [0.15, 0.2) is 66.7 Å². The SMILES string of the molecule is O=C(C=Cc1ccccc1Cl)NC(=S)NNC(=O)c1cc2ccccc2cc1O. The Morgan fingerprint density at radius 1 is 0.966 bits per heavy atom. The van der Waals surface area contributed by atoms with E-state index in [0.29, 0.717) is 10.6 Å². The van der Waals surface area contributed by atoms with Crippen molar-refractivity contribution < 1.29 is 14.7 Å². The van der Waals surface area contributed by atoms with Gasteiger partial charge < -0.3 is 5.11 Å². The van der Waals surface area contributed by atoms with Gasteiger partial charge in [0.1, 0.15) is 5.75 Å². The molecule has 0 aliphatic carbocycles. The summed E-state index contributed by atoms with van der Waals surface area (Å²) in [4.78, 5) is 24.2. The summed E-state index contributed by atoms with van der Waals surface area (Å²) in [6.45, 7) is 0. The van der Waals surface area contributed by atoms with Crippen molar-refractivity contribution in [3.05, 3.63) is 82.9 Å². The molecule has 8 heteroatoms. The predicted octanol–water partition coefficient (Wildman–Crippen LogP) is 3.55. The molecule has 2 amide bonds. The van der Waals surface area contributed by atoms with Gasteiger partial charge in [-0.3, -0.25) is 25.8 Å². The van der Waals surface area contributed by atoms with Gasteiger partial charge in [-0.15, -0.1) is 0 Å². The Morgan fingerprint density at radius 2 is 1.62 bits per heavy atom. The van der Waals surface area contributed by atoms with E-state index in [2.05, 4.69) is 16.2 Å². The van der Waals surface area contributed by atoms with E-state index in [1.165, 1.54) is 12.1 Å². The molecule has 0 saturated carbocycles. The number of rotatable bonds is 3. The van der Waals surface area contributed by atoms with Gasteiger partial charge in [-0.2, -0.15) is 0 Å². The number of nitrogens with one attached hydrogen (secondary N) is 3. The first-order chi connectivity index (χ1) is 13.9. The number of phenolic OH excluding ortho intramolecular Hbond substituents is 1. The number of carbonyl (C=O) groups is 2. The lowest BCUT2D eigenvalue weighted by Crippen LogP contribution is -2.48. The molecule has 0 fully saturated rings. The number of carbonyl (C=O) groups excluding carboxylic acids is 2. The number of benzene rings is 3. The quantitative estimate of drug-likeness (QED) is 0.293. The first-order valence-electron chi connectivity index (χ1n) is 8.50. The van der Waals surface area contributed by atoms with Gasteiger partial charge >= 0.3 is 0 Å². The Hall–Kier alpha value is -3.42. The van der Waals surface area contributed by atoms with Crippen LogP contribution < -0.4 is 16.2 Å². The third-order valence-corrected chi connectivity index (χ3v) is 4.50. The molecule has 0 aromatic heterocycles. The first-order valence-corrected chi connectivity index (χ1v) is 9.28. The van der Waals surface area contributed by atoms with Crippen LogP contribution in [0.25, 0.3) is 16.8 Å². The van der Waals surface area contributed by atoms with Crippen LogP contribution in [0.4, 0.5) is 0 Å². The number of aromatic hydroxyl groups is 1. The highest BCUT2D eigenvalue weighted by atomic mass is 35.5. The molecule has 0 radical (unpaired) electrons. The summed E-state index contributed by atoms with van der Waals surface area (Å²) in [5.41, 5.74) is 5.52. The third kappa shape index (κ3) is 5.31. The van der Waals surface area contributed by atoms with E-state index in [4.69, 9.17) is 23.8 Å². The number of phenols is 1. The van der Waals surface area contributed by atoms with Gasteiger partial charge in [0.2, 0.25) is 5.91 Å². The lowest BCUT2D eigenvalue weighted by Gasteiger charge is -2.11. The monoisotopic (exact) mass is 425 g/mol. The minimum Gasteiger partial charge on any atom is -0.507 e. The summed E-state index contributed by atoms with van der Waals surface area (Å²) in [6, 6.07) is 17.5. The molecular formula is C21H16ClN3O3S. The van der Waals surface area contributed by atoms with Gasteiger partial charge in [-0.05, 0) is 52.8 Å². The molecule has 29 heavy (non-hydrogen) atoms. The molecule has 3 aromatic carbocycles. The van der Waals surface area contributed by atoms with Crippen molar-refractivity contribution >= 4 is 57.6 Å². The van der Waals surface area contributed by atoms with Crippen LogP contribution >= 0.6 is 23.8 Å². The van der Waals surface area contributed by atoms with Gasteiger partial charge in [-0.1, -0.05) is 54.1 Å². The van der Waals surface area contributed by atoms with Crippen LogP contribution in [0.2, 0.25) is 5.02 Å². The summed E-state index contributed by atoms with van der Waals surface area (Å²) in [7, 11) is 0. The molecule has 3 aromatic rings. The molecule has 0 saturated heterocycles. The van der Waals surface area contributed by atoms with Crippen LogP contribution in [0.3, 0.4) is 0 Å². The first kappa shape index (κ1) is 20.3. The topological polar surface area (TPSA) is 90.5 Å². The average molecular weight is 426 g/mol. The van der Waals surface area contributed by atoms with Gasteiger partial charge in [-0.25, -0.2) is 0 Å². The lowest BCUT2D eigenvalue weighted by molar-refractivity contribution is -0.115. The van der Waals surface area contributed by atoms with Crippen LogP contribution in [-0.2, 0) is 4.79 Å². The largest absolute Gasteiger partial charge is 0.507 e. The highest BCUT2D eigenvalue weighted by Crippen LogP contribution is 2.24. The number of hydrogen-bond acceptors (Lipinski definition) is 4. The van der Waals surface area contributed by atoms with E-state index in [1.54, 1.807) is 36.4 Å². The number of halogens is 1. The molecule has 6 nitrogen and oxygen atoms in total. The molecule has 4 N–H and O–H groups in total. The molecule has 0 unspecified atom stereocenters. The summed E-state index contributed by atoms with van der Waals surface area (Å²) < 4.78 is 0. The van der Waals surface area contributed by atoms with Gasteiger partial charge in [0.05, 0.1) is 5.56 Å². The molecule has 0 spiro atoms. The van der Waals surface area contributed by atoms with Crippen molar-refractivity contribution in [3.8, 4) is 5.75 Å². The predicted molar refractivity (Wildman–Crippen MR) is 117 cm³/mol. The maximum absolute atomic E-state index is 12.3. The fourth-order valence-corrected chi connectivity index (χ4v) is 2.90. The number of hydrazine groups is 1. The second-order valence-corrected chi connectivity index (χ2v) is 6.78. The van der Waals surface area contributed by atoms with E-state index in [0.717, 1.165) is 10.8 Å².